The molecule has 0 N–H and O–H groups in total. The Hall–Kier alpha value is -4.16. The number of esters is 1. The number of hydrogen-bond acceptors (Lipinski definition) is 5. The van der Waals surface area contributed by atoms with Crippen molar-refractivity contribution >= 4 is 29.5 Å². The first-order valence-corrected chi connectivity index (χ1v) is 11.9. The van der Waals surface area contributed by atoms with E-state index in [0.29, 0.717) is 10.5 Å². The van der Waals surface area contributed by atoms with Gasteiger partial charge in [0, 0.05) is 10.5 Å². The number of carbonyl (C=O) groups excluding carboxylic acids is 3. The highest BCUT2D eigenvalue weighted by molar-refractivity contribution is 8.01. The minimum atomic E-state index is -1.77. The second kappa shape index (κ2) is 9.60. The number of benzene rings is 4. The van der Waals surface area contributed by atoms with Crippen molar-refractivity contribution in [2.75, 3.05) is 0 Å². The summed E-state index contributed by atoms with van der Waals surface area (Å²) in [6, 6.07) is 34.0. The predicted molar refractivity (Wildman–Crippen MR) is 134 cm³/mol. The summed E-state index contributed by atoms with van der Waals surface area (Å²) in [5, 5.41) is 0. The summed E-state index contributed by atoms with van der Waals surface area (Å²) < 4.78 is 5.82. The Morgan fingerprint density at radius 3 is 1.74 bits per heavy atom. The van der Waals surface area contributed by atoms with Gasteiger partial charge in [-0.15, -0.1) is 0 Å². The maximum atomic E-state index is 14.1. The molecule has 0 aromatic heterocycles. The minimum Gasteiger partial charge on any atom is -0.458 e. The van der Waals surface area contributed by atoms with Crippen LogP contribution in [-0.4, -0.2) is 22.7 Å². The minimum absolute atomic E-state index is 0.00672. The molecular formula is C29H21NO4S. The summed E-state index contributed by atoms with van der Waals surface area (Å²) in [7, 11) is 0. The van der Waals surface area contributed by atoms with E-state index >= 15 is 0 Å². The molecule has 6 heteroatoms. The molecule has 1 atom stereocenters. The summed E-state index contributed by atoms with van der Waals surface area (Å²) >= 11 is 1.12. The molecule has 1 heterocycles. The second-order valence-corrected chi connectivity index (χ2v) is 9.24. The van der Waals surface area contributed by atoms with E-state index < -0.39 is 22.7 Å². The first kappa shape index (κ1) is 22.6. The molecule has 0 saturated heterocycles. The molecular weight excluding hydrogens is 458 g/mol. The summed E-state index contributed by atoms with van der Waals surface area (Å²) in [4.78, 5) is 41.4. The molecule has 0 saturated carbocycles. The summed E-state index contributed by atoms with van der Waals surface area (Å²) in [5.74, 6) is -1.76. The third kappa shape index (κ3) is 4.13. The van der Waals surface area contributed by atoms with Crippen molar-refractivity contribution in [3.8, 4) is 0 Å². The van der Waals surface area contributed by atoms with Gasteiger partial charge in [-0.1, -0.05) is 103 Å². The molecule has 0 bridgehead atoms. The Bertz CT molecular complexity index is 1340. The molecule has 0 spiro atoms. The van der Waals surface area contributed by atoms with E-state index in [9.17, 15) is 14.4 Å². The molecule has 0 aliphatic carbocycles. The number of ether oxygens (including phenoxy) is 1. The monoisotopic (exact) mass is 479 g/mol. The van der Waals surface area contributed by atoms with E-state index in [1.807, 2.05) is 66.7 Å². The zero-order valence-electron chi connectivity index (χ0n) is 18.7. The van der Waals surface area contributed by atoms with Gasteiger partial charge in [0.25, 0.3) is 11.8 Å². The van der Waals surface area contributed by atoms with Crippen LogP contribution in [0.2, 0.25) is 0 Å². The van der Waals surface area contributed by atoms with Gasteiger partial charge in [0.15, 0.2) is 0 Å². The van der Waals surface area contributed by atoms with Gasteiger partial charge >= 0.3 is 5.97 Å². The summed E-state index contributed by atoms with van der Waals surface area (Å²) in [6.07, 6.45) is 0. The lowest BCUT2D eigenvalue weighted by Gasteiger charge is -2.38. The Balaban J connectivity index is 1.66. The number of imide groups is 1. The van der Waals surface area contributed by atoms with Crippen molar-refractivity contribution in [2.24, 2.45) is 0 Å². The van der Waals surface area contributed by atoms with Crippen molar-refractivity contribution < 1.29 is 19.1 Å². The standard InChI is InChI=1S/C29H21NO4S/c31-26-24-18-10-11-19-25(24)27(32)30(26)29(22-14-6-2-7-15-22,35-23-16-8-3-9-17-23)28(33)34-20-21-12-4-1-5-13-21/h1-19H,20H2. The van der Waals surface area contributed by atoms with Crippen molar-refractivity contribution in [2.45, 2.75) is 16.4 Å². The highest BCUT2D eigenvalue weighted by Crippen LogP contribution is 2.48. The predicted octanol–water partition coefficient (Wildman–Crippen LogP) is 5.67. The molecule has 35 heavy (non-hydrogen) atoms. The molecule has 0 fully saturated rings. The van der Waals surface area contributed by atoms with Crippen LogP contribution >= 0.6 is 11.8 Å². The first-order valence-electron chi connectivity index (χ1n) is 11.1. The van der Waals surface area contributed by atoms with Crippen molar-refractivity contribution in [1.29, 1.82) is 0 Å². The number of rotatable bonds is 7. The molecule has 1 unspecified atom stereocenters. The maximum Gasteiger partial charge on any atom is 0.348 e. The van der Waals surface area contributed by atoms with Crippen LogP contribution in [0.25, 0.3) is 0 Å². The Kier molecular flexibility index (Phi) is 6.21. The zero-order chi connectivity index (χ0) is 24.3. The third-order valence-corrected chi connectivity index (χ3v) is 7.16. The highest BCUT2D eigenvalue weighted by Gasteiger charge is 2.57. The fourth-order valence-electron chi connectivity index (χ4n) is 4.10. The number of carbonyl (C=O) groups is 3. The van der Waals surface area contributed by atoms with Crippen LogP contribution in [0.5, 0.6) is 0 Å². The van der Waals surface area contributed by atoms with Crippen LogP contribution in [0.1, 0.15) is 31.8 Å². The van der Waals surface area contributed by atoms with Crippen LogP contribution in [0, 0.1) is 0 Å². The first-order chi connectivity index (χ1) is 17.1. The van der Waals surface area contributed by atoms with Crippen LogP contribution in [0.4, 0.5) is 0 Å². The molecule has 172 valence electrons. The molecule has 5 nitrogen and oxygen atoms in total. The topological polar surface area (TPSA) is 63.7 Å². The molecule has 1 aliphatic heterocycles. The van der Waals surface area contributed by atoms with E-state index in [1.54, 1.807) is 48.5 Å². The quantitative estimate of drug-likeness (QED) is 0.194. The second-order valence-electron chi connectivity index (χ2n) is 7.98. The lowest BCUT2D eigenvalue weighted by Crippen LogP contribution is -2.53. The van der Waals surface area contributed by atoms with E-state index in [4.69, 9.17) is 4.74 Å². The third-order valence-electron chi connectivity index (χ3n) is 5.77. The SMILES string of the molecule is O=C1c2ccccc2C(=O)N1C(Sc1ccccc1)(C(=O)OCc1ccccc1)c1ccccc1. The van der Waals surface area contributed by atoms with Gasteiger partial charge in [-0.3, -0.25) is 9.59 Å². The van der Waals surface area contributed by atoms with E-state index in [2.05, 4.69) is 0 Å². The maximum absolute atomic E-state index is 14.1. The largest absolute Gasteiger partial charge is 0.458 e. The average molecular weight is 480 g/mol. The number of nitrogens with zero attached hydrogens (tertiary/aromatic N) is 1. The Labute approximate surface area is 207 Å². The van der Waals surface area contributed by atoms with Crippen LogP contribution in [0.15, 0.2) is 120 Å². The van der Waals surface area contributed by atoms with Gasteiger partial charge in [0.2, 0.25) is 4.87 Å². The normalized spacial score (nSPS) is 14.3. The zero-order valence-corrected chi connectivity index (χ0v) is 19.5. The Morgan fingerprint density at radius 1 is 0.686 bits per heavy atom. The molecule has 1 aliphatic rings. The lowest BCUT2D eigenvalue weighted by molar-refractivity contribution is -0.152. The number of thioether (sulfide) groups is 1. The fourth-order valence-corrected chi connectivity index (χ4v) is 5.39. The number of fused-ring (bicyclic) bond motifs is 1. The summed E-state index contributed by atoms with van der Waals surface area (Å²) in [5.41, 5.74) is 1.81. The number of amides is 2. The van der Waals surface area contributed by atoms with Crippen molar-refractivity contribution in [3.05, 3.63) is 138 Å². The van der Waals surface area contributed by atoms with Crippen LogP contribution in [-0.2, 0) is 21.0 Å². The molecule has 0 radical (unpaired) electrons. The smallest absolute Gasteiger partial charge is 0.348 e. The fraction of sp³-hybridized carbons (Fsp3) is 0.0690. The lowest BCUT2D eigenvalue weighted by atomic mass is 10.0. The average Bonchev–Trinajstić information content (AvgIpc) is 3.17. The molecule has 5 rings (SSSR count). The number of hydrogen-bond donors (Lipinski definition) is 0. The van der Waals surface area contributed by atoms with Gasteiger partial charge in [0.1, 0.15) is 6.61 Å². The van der Waals surface area contributed by atoms with Crippen LogP contribution < -0.4 is 0 Å². The highest BCUT2D eigenvalue weighted by atomic mass is 32.2. The van der Waals surface area contributed by atoms with E-state index in [-0.39, 0.29) is 17.7 Å². The van der Waals surface area contributed by atoms with Gasteiger partial charge in [-0.05, 0) is 29.8 Å². The Morgan fingerprint density at radius 2 is 1.17 bits per heavy atom. The van der Waals surface area contributed by atoms with E-state index in [0.717, 1.165) is 22.2 Å². The molecule has 2 amide bonds. The molecule has 4 aromatic rings. The van der Waals surface area contributed by atoms with Crippen molar-refractivity contribution in [1.82, 2.24) is 4.90 Å². The van der Waals surface area contributed by atoms with Gasteiger partial charge in [-0.25, -0.2) is 9.69 Å². The van der Waals surface area contributed by atoms with Gasteiger partial charge in [0.05, 0.1) is 11.1 Å². The van der Waals surface area contributed by atoms with Gasteiger partial charge in [-0.2, -0.15) is 0 Å². The van der Waals surface area contributed by atoms with Crippen molar-refractivity contribution in [3.63, 3.8) is 0 Å². The van der Waals surface area contributed by atoms with E-state index in [1.165, 1.54) is 0 Å². The molecule has 4 aromatic carbocycles. The summed E-state index contributed by atoms with van der Waals surface area (Å²) in [6.45, 7) is 0.00672. The van der Waals surface area contributed by atoms with Crippen LogP contribution in [0.3, 0.4) is 0 Å². The van der Waals surface area contributed by atoms with Gasteiger partial charge < -0.3 is 4.74 Å².